The van der Waals surface area contributed by atoms with Gasteiger partial charge in [0.1, 0.15) is 0 Å². The van der Waals surface area contributed by atoms with E-state index in [2.05, 4.69) is 0 Å². The van der Waals surface area contributed by atoms with E-state index in [-0.39, 0.29) is 0 Å². The Balaban J connectivity index is 3.09. The summed E-state index contributed by atoms with van der Waals surface area (Å²) in [7, 11) is 0. The van der Waals surface area contributed by atoms with Gasteiger partial charge >= 0.3 is 0 Å². The van der Waals surface area contributed by atoms with Gasteiger partial charge in [-0.15, -0.1) is 0 Å². The first-order valence-corrected chi connectivity index (χ1v) is 4.42. The molecule has 0 heterocycles. The maximum atomic E-state index is 10.7. The average Bonchev–Trinajstić information content (AvgIpc) is 2.17. The number of carbonyl (C=O) groups excluding carboxylic acids is 1. The molecule has 3 N–H and O–H groups in total. The van der Waals surface area contributed by atoms with E-state index in [1.54, 1.807) is 12.1 Å². The third kappa shape index (κ3) is 2.10. The van der Waals surface area contributed by atoms with Crippen molar-refractivity contribution in [1.29, 1.82) is 0 Å². The summed E-state index contributed by atoms with van der Waals surface area (Å²) in [4.78, 5) is 10.7. The van der Waals surface area contributed by atoms with Crippen molar-refractivity contribution in [3.05, 3.63) is 29.3 Å². The second kappa shape index (κ2) is 4.74. The van der Waals surface area contributed by atoms with Gasteiger partial charge in [-0.1, -0.05) is 12.1 Å². The van der Waals surface area contributed by atoms with Crippen molar-refractivity contribution < 1.29 is 10.0 Å². The van der Waals surface area contributed by atoms with Gasteiger partial charge in [-0.25, -0.2) is 0 Å². The average molecular weight is 194 g/mol. The van der Waals surface area contributed by atoms with Crippen LogP contribution in [0.5, 0.6) is 0 Å². The van der Waals surface area contributed by atoms with Crippen LogP contribution in [0.2, 0.25) is 0 Å². The molecule has 1 rings (SSSR count). The number of aldehydes is 1. The number of para-hydroxylation sites is 1. The number of hydroxylamine groups is 1. The van der Waals surface area contributed by atoms with Crippen LogP contribution >= 0.6 is 0 Å². The number of anilines is 1. The number of nitrogens with two attached hydrogens (primary N) is 1. The van der Waals surface area contributed by atoms with Gasteiger partial charge in [0, 0.05) is 12.1 Å². The highest BCUT2D eigenvalue weighted by atomic mass is 16.5. The molecule has 0 fully saturated rings. The van der Waals surface area contributed by atoms with Crippen LogP contribution in [0.25, 0.3) is 0 Å². The van der Waals surface area contributed by atoms with E-state index in [1.165, 1.54) is 0 Å². The van der Waals surface area contributed by atoms with Crippen molar-refractivity contribution in [2.75, 3.05) is 18.2 Å². The number of aryl methyl sites for hydroxylation is 1. The molecule has 4 heteroatoms. The van der Waals surface area contributed by atoms with Crippen LogP contribution in [0.1, 0.15) is 15.9 Å². The molecule has 0 aliphatic rings. The summed E-state index contributed by atoms with van der Waals surface area (Å²) >= 11 is 0. The number of nitrogens with zero attached hydrogens (tertiary/aromatic N) is 1. The molecule has 1 aromatic rings. The fraction of sp³-hybridized carbons (Fsp3) is 0.300. The van der Waals surface area contributed by atoms with Crippen molar-refractivity contribution in [1.82, 2.24) is 0 Å². The summed E-state index contributed by atoms with van der Waals surface area (Å²) in [6.45, 7) is 2.48. The van der Waals surface area contributed by atoms with Gasteiger partial charge in [-0.2, -0.15) is 0 Å². The summed E-state index contributed by atoms with van der Waals surface area (Å²) in [5.41, 5.74) is 7.18. The molecule has 0 bridgehead atoms. The molecule has 14 heavy (non-hydrogen) atoms. The number of rotatable bonds is 4. The summed E-state index contributed by atoms with van der Waals surface area (Å²) < 4.78 is 0. The SMILES string of the molecule is Cc1cccc(C=O)c1N(O)CCN. The van der Waals surface area contributed by atoms with Crippen LogP contribution in [-0.4, -0.2) is 24.6 Å². The standard InChI is InChI=1S/C10H14N2O2/c1-8-3-2-4-9(7-13)10(8)12(14)6-5-11/h2-4,7,14H,5-6,11H2,1H3. The quantitative estimate of drug-likeness (QED) is 0.553. The fourth-order valence-corrected chi connectivity index (χ4v) is 1.36. The van der Waals surface area contributed by atoms with Gasteiger partial charge in [0.15, 0.2) is 6.29 Å². The van der Waals surface area contributed by atoms with Crippen molar-refractivity contribution in [2.24, 2.45) is 5.73 Å². The molecule has 0 saturated heterocycles. The van der Waals surface area contributed by atoms with E-state index in [0.29, 0.717) is 24.3 Å². The maximum Gasteiger partial charge on any atom is 0.152 e. The van der Waals surface area contributed by atoms with Gasteiger partial charge < -0.3 is 5.73 Å². The third-order valence-electron chi connectivity index (χ3n) is 1.99. The van der Waals surface area contributed by atoms with Crippen LogP contribution in [0.3, 0.4) is 0 Å². The van der Waals surface area contributed by atoms with E-state index in [0.717, 1.165) is 16.9 Å². The Hall–Kier alpha value is -1.39. The Bertz CT molecular complexity index is 326. The molecule has 0 spiro atoms. The first kappa shape index (κ1) is 10.7. The number of carbonyl (C=O) groups is 1. The lowest BCUT2D eigenvalue weighted by molar-refractivity contribution is 0.112. The molecule has 0 radical (unpaired) electrons. The van der Waals surface area contributed by atoms with Crippen LogP contribution in [0.15, 0.2) is 18.2 Å². The summed E-state index contributed by atoms with van der Waals surface area (Å²) in [6, 6.07) is 5.27. The first-order chi connectivity index (χ1) is 6.70. The number of hydrogen-bond acceptors (Lipinski definition) is 4. The Kier molecular flexibility index (Phi) is 3.62. The zero-order valence-electron chi connectivity index (χ0n) is 8.10. The molecule has 0 amide bonds. The minimum Gasteiger partial charge on any atom is -0.329 e. The molecule has 1 aromatic carbocycles. The lowest BCUT2D eigenvalue weighted by Gasteiger charge is -2.19. The Morgan fingerprint density at radius 3 is 2.86 bits per heavy atom. The highest BCUT2D eigenvalue weighted by Crippen LogP contribution is 2.22. The molecule has 0 atom stereocenters. The van der Waals surface area contributed by atoms with Gasteiger partial charge in [-0.3, -0.25) is 15.1 Å². The van der Waals surface area contributed by atoms with Crippen LogP contribution in [-0.2, 0) is 0 Å². The van der Waals surface area contributed by atoms with E-state index in [4.69, 9.17) is 5.73 Å². The van der Waals surface area contributed by atoms with Crippen LogP contribution in [0, 0.1) is 6.92 Å². The summed E-state index contributed by atoms with van der Waals surface area (Å²) in [5.74, 6) is 0. The third-order valence-corrected chi connectivity index (χ3v) is 1.99. The summed E-state index contributed by atoms with van der Waals surface area (Å²) in [6.07, 6.45) is 0.724. The number of benzene rings is 1. The zero-order chi connectivity index (χ0) is 10.6. The molecule has 0 aliphatic carbocycles. The molecule has 0 unspecified atom stereocenters. The molecule has 0 aromatic heterocycles. The van der Waals surface area contributed by atoms with Crippen molar-refractivity contribution in [2.45, 2.75) is 6.92 Å². The van der Waals surface area contributed by atoms with E-state index >= 15 is 0 Å². The Morgan fingerprint density at radius 1 is 1.57 bits per heavy atom. The first-order valence-electron chi connectivity index (χ1n) is 4.42. The molecule has 0 saturated carbocycles. The lowest BCUT2D eigenvalue weighted by Crippen LogP contribution is -2.27. The van der Waals surface area contributed by atoms with Crippen LogP contribution in [0.4, 0.5) is 5.69 Å². The van der Waals surface area contributed by atoms with Crippen LogP contribution < -0.4 is 10.8 Å². The number of hydrogen-bond donors (Lipinski definition) is 2. The van der Waals surface area contributed by atoms with E-state index in [9.17, 15) is 10.0 Å². The fourth-order valence-electron chi connectivity index (χ4n) is 1.36. The van der Waals surface area contributed by atoms with Gasteiger partial charge in [0.25, 0.3) is 0 Å². The summed E-state index contributed by atoms with van der Waals surface area (Å²) in [5, 5.41) is 10.6. The van der Waals surface area contributed by atoms with E-state index < -0.39 is 0 Å². The molecule has 76 valence electrons. The second-order valence-corrected chi connectivity index (χ2v) is 3.04. The predicted octanol–water partition coefficient (Wildman–Crippen LogP) is 0.962. The maximum absolute atomic E-state index is 10.7. The van der Waals surface area contributed by atoms with Gasteiger partial charge in [0.05, 0.1) is 12.2 Å². The second-order valence-electron chi connectivity index (χ2n) is 3.04. The molecule has 4 nitrogen and oxygen atoms in total. The van der Waals surface area contributed by atoms with Crippen molar-refractivity contribution >= 4 is 12.0 Å². The smallest absolute Gasteiger partial charge is 0.152 e. The highest BCUT2D eigenvalue weighted by Gasteiger charge is 2.10. The topological polar surface area (TPSA) is 66.6 Å². The normalized spacial score (nSPS) is 9.93. The minimum atomic E-state index is 0.311. The van der Waals surface area contributed by atoms with Crippen molar-refractivity contribution in [3.8, 4) is 0 Å². The zero-order valence-corrected chi connectivity index (χ0v) is 8.10. The molecular formula is C10H14N2O2. The minimum absolute atomic E-state index is 0.311. The lowest BCUT2D eigenvalue weighted by atomic mass is 10.1. The van der Waals surface area contributed by atoms with Gasteiger partial charge in [-0.05, 0) is 18.6 Å². The predicted molar refractivity (Wildman–Crippen MR) is 54.8 cm³/mol. The Morgan fingerprint density at radius 2 is 2.29 bits per heavy atom. The van der Waals surface area contributed by atoms with Gasteiger partial charge in [0.2, 0.25) is 0 Å². The monoisotopic (exact) mass is 194 g/mol. The Labute approximate surface area is 82.9 Å². The highest BCUT2D eigenvalue weighted by molar-refractivity contribution is 5.85. The van der Waals surface area contributed by atoms with Crippen molar-refractivity contribution in [3.63, 3.8) is 0 Å². The van der Waals surface area contributed by atoms with E-state index in [1.807, 2.05) is 13.0 Å². The molecule has 0 aliphatic heterocycles. The largest absolute Gasteiger partial charge is 0.329 e. The molecular weight excluding hydrogens is 180 g/mol.